The van der Waals surface area contributed by atoms with Crippen molar-refractivity contribution in [3.05, 3.63) is 59.7 Å². The zero-order valence-electron chi connectivity index (χ0n) is 14.7. The molecule has 5 heteroatoms. The Labute approximate surface area is 154 Å². The third-order valence-corrected chi connectivity index (χ3v) is 5.29. The molecule has 4 nitrogen and oxygen atoms in total. The van der Waals surface area contributed by atoms with Gasteiger partial charge >= 0.3 is 0 Å². The predicted molar refractivity (Wildman–Crippen MR) is 111 cm³/mol. The Morgan fingerprint density at radius 3 is 2.60 bits per heavy atom. The molecule has 1 saturated heterocycles. The number of nitrogens with zero attached hydrogens (tertiary/aromatic N) is 2. The van der Waals surface area contributed by atoms with E-state index in [0.29, 0.717) is 12.5 Å². The van der Waals surface area contributed by atoms with Crippen molar-refractivity contribution in [1.82, 2.24) is 0 Å². The van der Waals surface area contributed by atoms with Crippen molar-refractivity contribution < 1.29 is 0 Å². The number of guanidine groups is 1. The highest BCUT2D eigenvalue weighted by Gasteiger charge is 2.10. The summed E-state index contributed by atoms with van der Waals surface area (Å²) in [4.78, 5) is 6.90. The lowest BCUT2D eigenvalue weighted by Crippen LogP contribution is -2.32. The maximum Gasteiger partial charge on any atom is 0.193 e. The Balaban J connectivity index is 1.56. The van der Waals surface area contributed by atoms with Crippen LogP contribution in [-0.2, 0) is 13.0 Å². The Hall–Kier alpha value is -2.14. The molecule has 1 aliphatic heterocycles. The first-order chi connectivity index (χ1) is 12.2. The van der Waals surface area contributed by atoms with Gasteiger partial charge in [0.1, 0.15) is 0 Å². The third-order valence-electron chi connectivity index (χ3n) is 4.35. The maximum atomic E-state index is 6.02. The van der Waals surface area contributed by atoms with Crippen molar-refractivity contribution in [2.75, 3.05) is 34.8 Å². The third kappa shape index (κ3) is 5.16. The largest absolute Gasteiger partial charge is 0.370 e. The lowest BCUT2D eigenvalue weighted by molar-refractivity contribution is 0.858. The van der Waals surface area contributed by atoms with Crippen molar-refractivity contribution in [1.29, 1.82) is 0 Å². The van der Waals surface area contributed by atoms with Gasteiger partial charge in [-0.1, -0.05) is 31.2 Å². The first-order valence-electron chi connectivity index (χ1n) is 8.82. The number of hydrogen-bond donors (Lipinski definition) is 2. The SMILES string of the molecule is CCc1cccc(NC(N)=NCc2ccc(N3CCSCC3)cc2)c1. The molecular weight excluding hydrogens is 328 g/mol. The first-order valence-corrected chi connectivity index (χ1v) is 9.97. The van der Waals surface area contributed by atoms with E-state index in [0.717, 1.165) is 25.2 Å². The van der Waals surface area contributed by atoms with Crippen LogP contribution in [0.3, 0.4) is 0 Å². The fourth-order valence-electron chi connectivity index (χ4n) is 2.87. The van der Waals surface area contributed by atoms with Crippen LogP contribution in [0.4, 0.5) is 11.4 Å². The van der Waals surface area contributed by atoms with Crippen molar-refractivity contribution in [2.45, 2.75) is 19.9 Å². The van der Waals surface area contributed by atoms with Gasteiger partial charge in [-0.05, 0) is 41.8 Å². The number of nitrogens with two attached hydrogens (primary N) is 1. The van der Waals surface area contributed by atoms with Crippen LogP contribution in [0.15, 0.2) is 53.5 Å². The van der Waals surface area contributed by atoms with Crippen molar-refractivity contribution in [3.63, 3.8) is 0 Å². The molecule has 0 amide bonds. The Kier molecular flexibility index (Phi) is 6.23. The van der Waals surface area contributed by atoms with Crippen molar-refractivity contribution >= 4 is 29.1 Å². The van der Waals surface area contributed by atoms with E-state index < -0.39 is 0 Å². The summed E-state index contributed by atoms with van der Waals surface area (Å²) in [7, 11) is 0. The van der Waals surface area contributed by atoms with Gasteiger partial charge in [0.15, 0.2) is 5.96 Å². The number of benzene rings is 2. The molecule has 3 rings (SSSR count). The highest BCUT2D eigenvalue weighted by Crippen LogP contribution is 2.20. The summed E-state index contributed by atoms with van der Waals surface area (Å²) in [6.07, 6.45) is 1.01. The molecule has 3 N–H and O–H groups in total. The number of aryl methyl sites for hydroxylation is 1. The topological polar surface area (TPSA) is 53.6 Å². The zero-order valence-corrected chi connectivity index (χ0v) is 15.6. The molecular formula is C20H26N4S. The molecule has 0 atom stereocenters. The van der Waals surface area contributed by atoms with Crippen LogP contribution in [0.5, 0.6) is 0 Å². The van der Waals surface area contributed by atoms with E-state index in [-0.39, 0.29) is 0 Å². The molecule has 0 unspecified atom stereocenters. The number of nitrogens with one attached hydrogen (secondary N) is 1. The summed E-state index contributed by atoms with van der Waals surface area (Å²) < 4.78 is 0. The minimum absolute atomic E-state index is 0.449. The Morgan fingerprint density at radius 1 is 1.12 bits per heavy atom. The number of aliphatic imine (C=N–C) groups is 1. The average molecular weight is 355 g/mol. The average Bonchev–Trinajstić information content (AvgIpc) is 2.67. The Bertz CT molecular complexity index is 706. The van der Waals surface area contributed by atoms with Crippen LogP contribution in [0, 0.1) is 0 Å². The second kappa shape index (κ2) is 8.81. The molecule has 2 aromatic carbocycles. The summed E-state index contributed by atoms with van der Waals surface area (Å²) >= 11 is 2.03. The number of thioether (sulfide) groups is 1. The van der Waals surface area contributed by atoms with E-state index in [4.69, 9.17) is 5.73 Å². The standard InChI is InChI=1S/C20H26N4S/c1-2-16-4-3-5-18(14-16)23-20(21)22-15-17-6-8-19(9-7-17)24-10-12-25-13-11-24/h3-9,14H,2,10-13,15H2,1H3,(H3,21,22,23). The fraction of sp³-hybridized carbons (Fsp3) is 0.350. The van der Waals surface area contributed by atoms with Gasteiger partial charge in [0.2, 0.25) is 0 Å². The molecule has 0 aliphatic carbocycles. The number of anilines is 2. The van der Waals surface area contributed by atoms with Gasteiger partial charge in [-0.2, -0.15) is 11.8 Å². The normalized spacial score (nSPS) is 15.2. The van der Waals surface area contributed by atoms with E-state index in [9.17, 15) is 0 Å². The molecule has 0 radical (unpaired) electrons. The smallest absolute Gasteiger partial charge is 0.193 e. The molecule has 25 heavy (non-hydrogen) atoms. The van der Waals surface area contributed by atoms with E-state index >= 15 is 0 Å². The highest BCUT2D eigenvalue weighted by atomic mass is 32.2. The van der Waals surface area contributed by atoms with Gasteiger partial charge in [0, 0.05) is 36.0 Å². The van der Waals surface area contributed by atoms with Crippen LogP contribution in [0.25, 0.3) is 0 Å². The minimum atomic E-state index is 0.449. The van der Waals surface area contributed by atoms with Crippen molar-refractivity contribution in [3.8, 4) is 0 Å². The van der Waals surface area contributed by atoms with Gasteiger partial charge < -0.3 is 16.0 Å². The van der Waals surface area contributed by atoms with Crippen LogP contribution >= 0.6 is 11.8 Å². The van der Waals surface area contributed by atoms with Crippen molar-refractivity contribution in [2.24, 2.45) is 10.7 Å². The summed E-state index contributed by atoms with van der Waals surface area (Å²) in [6.45, 7) is 5.00. The summed E-state index contributed by atoms with van der Waals surface area (Å²) in [5.74, 6) is 2.88. The van der Waals surface area contributed by atoms with Gasteiger partial charge in [0.05, 0.1) is 6.54 Å². The molecule has 1 fully saturated rings. The molecule has 132 valence electrons. The molecule has 0 aromatic heterocycles. The molecule has 0 bridgehead atoms. The molecule has 1 aliphatic rings. The van der Waals surface area contributed by atoms with Gasteiger partial charge in [-0.15, -0.1) is 0 Å². The van der Waals surface area contributed by atoms with Crippen LogP contribution in [0.2, 0.25) is 0 Å². The summed E-state index contributed by atoms with van der Waals surface area (Å²) in [5.41, 5.74) is 10.8. The van der Waals surface area contributed by atoms with Crippen LogP contribution in [0.1, 0.15) is 18.1 Å². The van der Waals surface area contributed by atoms with Gasteiger partial charge in [-0.25, -0.2) is 4.99 Å². The van der Waals surface area contributed by atoms with Gasteiger partial charge in [0.25, 0.3) is 0 Å². The summed E-state index contributed by atoms with van der Waals surface area (Å²) in [6, 6.07) is 16.9. The minimum Gasteiger partial charge on any atom is -0.370 e. The lowest BCUT2D eigenvalue weighted by Gasteiger charge is -2.28. The monoisotopic (exact) mass is 354 g/mol. The zero-order chi connectivity index (χ0) is 17.5. The van der Waals surface area contributed by atoms with Crippen LogP contribution in [-0.4, -0.2) is 30.6 Å². The molecule has 0 spiro atoms. The molecule has 1 heterocycles. The lowest BCUT2D eigenvalue weighted by atomic mass is 10.1. The molecule has 2 aromatic rings. The Morgan fingerprint density at radius 2 is 1.88 bits per heavy atom. The highest BCUT2D eigenvalue weighted by molar-refractivity contribution is 7.99. The predicted octanol–water partition coefficient (Wildman–Crippen LogP) is 3.73. The van der Waals surface area contributed by atoms with E-state index in [1.807, 2.05) is 23.9 Å². The van der Waals surface area contributed by atoms with Crippen LogP contribution < -0.4 is 16.0 Å². The van der Waals surface area contributed by atoms with E-state index in [2.05, 4.69) is 58.5 Å². The van der Waals surface area contributed by atoms with Gasteiger partial charge in [-0.3, -0.25) is 0 Å². The number of rotatable bonds is 5. The fourth-order valence-corrected chi connectivity index (χ4v) is 3.77. The van der Waals surface area contributed by atoms with E-state index in [1.165, 1.54) is 28.3 Å². The maximum absolute atomic E-state index is 6.02. The van der Waals surface area contributed by atoms with E-state index in [1.54, 1.807) is 0 Å². The first kappa shape index (κ1) is 17.7. The summed E-state index contributed by atoms with van der Waals surface area (Å²) in [5, 5.41) is 3.17. The molecule has 0 saturated carbocycles. The second-order valence-electron chi connectivity index (χ2n) is 6.15. The number of hydrogen-bond acceptors (Lipinski definition) is 3. The second-order valence-corrected chi connectivity index (χ2v) is 7.37. The quantitative estimate of drug-likeness (QED) is 0.634.